The Hall–Kier alpha value is -4.19. The average Bonchev–Trinajstić information content (AvgIpc) is 3.68. The van der Waals surface area contributed by atoms with E-state index in [4.69, 9.17) is 14.2 Å². The molecule has 1 aliphatic rings. The van der Waals surface area contributed by atoms with Gasteiger partial charge in [0.2, 0.25) is 0 Å². The Balaban J connectivity index is 1.40. The first kappa shape index (κ1) is 42.6. The second-order valence-electron chi connectivity index (χ2n) is 13.2. The highest BCUT2D eigenvalue weighted by Gasteiger charge is 2.37. The lowest BCUT2D eigenvalue weighted by Crippen LogP contribution is -2.49. The van der Waals surface area contributed by atoms with Crippen molar-refractivity contribution in [2.75, 3.05) is 65.0 Å². The van der Waals surface area contributed by atoms with Gasteiger partial charge in [0.05, 0.1) is 64.0 Å². The Bertz CT molecular complexity index is 1770. The third-order valence-electron chi connectivity index (χ3n) is 7.83. The van der Waals surface area contributed by atoms with Crippen LogP contribution in [0.15, 0.2) is 35.7 Å². The van der Waals surface area contributed by atoms with E-state index in [1.807, 2.05) is 0 Å². The normalized spacial score (nSPS) is 16.9. The number of likely N-dealkylation sites (tertiary alicyclic amines) is 1. The van der Waals surface area contributed by atoms with Crippen LogP contribution in [0.2, 0.25) is 0 Å². The van der Waals surface area contributed by atoms with Crippen LogP contribution in [0.4, 0.5) is 36.8 Å². The van der Waals surface area contributed by atoms with Gasteiger partial charge in [-0.15, -0.1) is 0 Å². The largest absolute Gasteiger partial charge is 0.465 e. The summed E-state index contributed by atoms with van der Waals surface area (Å²) < 4.78 is 105. The molecule has 0 saturated carbocycles. The molecule has 3 aromatic rings. The minimum absolute atomic E-state index is 0.114. The van der Waals surface area contributed by atoms with Crippen molar-refractivity contribution in [2.45, 2.75) is 68.5 Å². The number of carbonyl (C=O) groups excluding carboxylic acids is 2. The number of esters is 1. The van der Waals surface area contributed by atoms with Gasteiger partial charge in [-0.2, -0.15) is 31.4 Å². The number of alkyl halides is 6. The Labute approximate surface area is 312 Å². The molecule has 2 atom stereocenters. The van der Waals surface area contributed by atoms with Crippen LogP contribution in [0.25, 0.3) is 5.65 Å². The van der Waals surface area contributed by atoms with Crippen molar-refractivity contribution in [1.82, 2.24) is 29.4 Å². The fourth-order valence-electron chi connectivity index (χ4n) is 5.62. The standard InChI is InChI=1S/C34H43F6N7O6S/c1-32(2,3)53-31(49)41-11-5-7-27-29(54-34(38,39)40)47-12-6-8-26(28(47)44-27)43-25-9-13-45(22-33(35,36)37)20-23(25)10-15-51-17-18-52-16-14-46-21-24(19-42-46)30(48)50-4/h6,8,12,19,21,23,25,43H,9-11,13-18,20,22H2,1-4H3,(H,41,49)/t23-,25-/m0/s1. The summed E-state index contributed by atoms with van der Waals surface area (Å²) in [5.41, 5.74) is -4.74. The predicted molar refractivity (Wildman–Crippen MR) is 186 cm³/mol. The van der Waals surface area contributed by atoms with Crippen molar-refractivity contribution in [3.05, 3.63) is 42.0 Å². The molecule has 4 heterocycles. The smallest absolute Gasteiger partial charge is 0.447 e. The summed E-state index contributed by atoms with van der Waals surface area (Å²) in [4.78, 5) is 29.3. The van der Waals surface area contributed by atoms with Gasteiger partial charge in [0.25, 0.3) is 0 Å². The lowest BCUT2D eigenvalue weighted by atomic mass is 9.89. The van der Waals surface area contributed by atoms with Crippen LogP contribution >= 0.6 is 11.8 Å². The SMILES string of the molecule is COC(=O)c1cnn(CCOCCOCC[C@H]2CN(CC(F)(F)F)CC[C@@H]2Nc2cccn3c(SC(F)(F)F)c(C#CCNC(=O)OC(C)(C)C)nc23)c1. The molecule has 0 radical (unpaired) electrons. The average molecular weight is 792 g/mol. The number of piperidine rings is 1. The maximum absolute atomic E-state index is 13.7. The fraction of sp³-hybridized carbons (Fsp3) is 0.588. The molecule has 20 heteroatoms. The van der Waals surface area contributed by atoms with Crippen LogP contribution in [0.3, 0.4) is 0 Å². The molecule has 298 valence electrons. The van der Waals surface area contributed by atoms with Crippen LogP contribution in [-0.2, 0) is 25.5 Å². The summed E-state index contributed by atoms with van der Waals surface area (Å²) >= 11 is -0.384. The molecule has 3 aromatic heterocycles. The third-order valence-corrected chi connectivity index (χ3v) is 8.65. The lowest BCUT2D eigenvalue weighted by Gasteiger charge is -2.39. The van der Waals surface area contributed by atoms with Gasteiger partial charge in [-0.3, -0.25) is 14.0 Å². The Morgan fingerprint density at radius 1 is 1.07 bits per heavy atom. The van der Waals surface area contributed by atoms with Crippen molar-refractivity contribution in [2.24, 2.45) is 5.92 Å². The number of carbonyl (C=O) groups is 2. The molecule has 13 nitrogen and oxygen atoms in total. The highest BCUT2D eigenvalue weighted by molar-refractivity contribution is 8.00. The third kappa shape index (κ3) is 13.9. The van der Waals surface area contributed by atoms with E-state index in [0.717, 1.165) is 0 Å². The van der Waals surface area contributed by atoms with E-state index in [9.17, 15) is 35.9 Å². The number of anilines is 1. The molecule has 0 spiro atoms. The van der Waals surface area contributed by atoms with Gasteiger partial charge in [0.15, 0.2) is 5.65 Å². The number of nitrogens with one attached hydrogen (secondary N) is 2. The van der Waals surface area contributed by atoms with Crippen molar-refractivity contribution in [1.29, 1.82) is 0 Å². The Morgan fingerprint density at radius 2 is 1.81 bits per heavy atom. The summed E-state index contributed by atoms with van der Waals surface area (Å²) in [6.45, 7) is 5.42. The number of rotatable bonds is 15. The van der Waals surface area contributed by atoms with Gasteiger partial charge < -0.3 is 29.6 Å². The van der Waals surface area contributed by atoms with Gasteiger partial charge in [0, 0.05) is 49.9 Å². The number of aromatic nitrogens is 4. The van der Waals surface area contributed by atoms with E-state index in [-0.39, 0.29) is 79.5 Å². The van der Waals surface area contributed by atoms with Crippen LogP contribution in [-0.4, -0.2) is 119 Å². The molecule has 2 N–H and O–H groups in total. The number of ether oxygens (including phenoxy) is 4. The summed E-state index contributed by atoms with van der Waals surface area (Å²) in [6.07, 6.45) is -0.0628. The molecule has 1 saturated heterocycles. The molecule has 54 heavy (non-hydrogen) atoms. The predicted octanol–water partition coefficient (Wildman–Crippen LogP) is 5.59. The first-order valence-electron chi connectivity index (χ1n) is 16.9. The van der Waals surface area contributed by atoms with Gasteiger partial charge in [-0.25, -0.2) is 14.6 Å². The number of hydrogen-bond acceptors (Lipinski definition) is 11. The Kier molecular flexibility index (Phi) is 14.9. The van der Waals surface area contributed by atoms with Crippen molar-refractivity contribution < 1.29 is 54.9 Å². The van der Waals surface area contributed by atoms with Crippen molar-refractivity contribution in [3.8, 4) is 11.8 Å². The summed E-state index contributed by atoms with van der Waals surface area (Å²) in [5, 5.41) is 9.55. The maximum Gasteiger partial charge on any atom is 0.447 e. The number of amides is 1. The first-order chi connectivity index (χ1) is 25.4. The molecule has 0 bridgehead atoms. The van der Waals surface area contributed by atoms with E-state index in [2.05, 4.69) is 37.3 Å². The van der Waals surface area contributed by atoms with Gasteiger partial charge in [-0.05, 0) is 57.6 Å². The van der Waals surface area contributed by atoms with Gasteiger partial charge in [0.1, 0.15) is 16.3 Å². The van der Waals surface area contributed by atoms with E-state index >= 15 is 0 Å². The number of halogens is 6. The maximum atomic E-state index is 13.7. The van der Waals surface area contributed by atoms with Crippen LogP contribution in [0.1, 0.15) is 49.7 Å². The van der Waals surface area contributed by atoms with E-state index in [0.29, 0.717) is 37.2 Å². The highest BCUT2D eigenvalue weighted by Crippen LogP contribution is 2.40. The summed E-state index contributed by atoms with van der Waals surface area (Å²) in [7, 11) is 1.28. The number of methoxy groups -OCH3 is 1. The zero-order chi connectivity index (χ0) is 39.5. The zero-order valence-electron chi connectivity index (χ0n) is 30.2. The number of nitrogens with zero attached hydrogens (tertiary/aromatic N) is 5. The van der Waals surface area contributed by atoms with E-state index < -0.39 is 35.9 Å². The molecule has 1 fully saturated rings. The molecule has 0 aliphatic carbocycles. The summed E-state index contributed by atoms with van der Waals surface area (Å²) in [5.74, 6) is 4.42. The second kappa shape index (κ2) is 18.9. The molecule has 4 rings (SSSR count). The molecule has 0 aromatic carbocycles. The van der Waals surface area contributed by atoms with Crippen LogP contribution in [0.5, 0.6) is 0 Å². The first-order valence-corrected chi connectivity index (χ1v) is 17.8. The minimum Gasteiger partial charge on any atom is -0.465 e. The lowest BCUT2D eigenvalue weighted by molar-refractivity contribution is -0.150. The topological polar surface area (TPSA) is 133 Å². The number of pyridine rings is 1. The molecule has 1 aliphatic heterocycles. The zero-order valence-corrected chi connectivity index (χ0v) is 31.0. The molecule has 1 amide bonds. The van der Waals surface area contributed by atoms with Crippen LogP contribution < -0.4 is 10.6 Å². The van der Waals surface area contributed by atoms with Gasteiger partial charge in [-0.1, -0.05) is 5.92 Å². The second-order valence-corrected chi connectivity index (χ2v) is 14.3. The van der Waals surface area contributed by atoms with Crippen LogP contribution in [0, 0.1) is 17.8 Å². The minimum atomic E-state index is -4.67. The fourth-order valence-corrected chi connectivity index (χ4v) is 6.27. The number of hydrogen-bond donors (Lipinski definition) is 2. The van der Waals surface area contributed by atoms with E-state index in [1.165, 1.54) is 39.7 Å². The van der Waals surface area contributed by atoms with Gasteiger partial charge >= 0.3 is 23.7 Å². The molecule has 0 unspecified atom stereocenters. The molecular weight excluding hydrogens is 748 g/mol. The number of thioether (sulfide) groups is 1. The quantitative estimate of drug-likeness (QED) is 0.0656. The number of fused-ring (bicyclic) bond motifs is 1. The molecular formula is C34H43F6N7O6S. The van der Waals surface area contributed by atoms with Crippen molar-refractivity contribution >= 4 is 35.2 Å². The number of imidazole rings is 1. The van der Waals surface area contributed by atoms with Crippen molar-refractivity contribution in [3.63, 3.8) is 0 Å². The Morgan fingerprint density at radius 3 is 2.50 bits per heavy atom. The highest BCUT2D eigenvalue weighted by atomic mass is 32.2. The summed E-state index contributed by atoms with van der Waals surface area (Å²) in [6, 6.07) is 2.82. The number of alkyl carbamates (subject to hydrolysis) is 1. The monoisotopic (exact) mass is 791 g/mol. The van der Waals surface area contributed by atoms with E-state index in [1.54, 1.807) is 32.9 Å².